The van der Waals surface area contributed by atoms with E-state index in [1.54, 1.807) is 0 Å². The van der Waals surface area contributed by atoms with E-state index in [1.807, 2.05) is 0 Å². The number of fused-ring (bicyclic) bond motifs is 1. The van der Waals surface area contributed by atoms with Gasteiger partial charge in [0.15, 0.2) is 0 Å². The summed E-state index contributed by atoms with van der Waals surface area (Å²) in [5.41, 5.74) is 8.85. The normalized spacial score (nSPS) is 21.1. The Morgan fingerprint density at radius 3 is 2.88 bits per heavy atom. The van der Waals surface area contributed by atoms with E-state index in [9.17, 15) is 0 Å². The lowest BCUT2D eigenvalue weighted by Crippen LogP contribution is -2.45. The molecular formula is C15H24N2. The van der Waals surface area contributed by atoms with Gasteiger partial charge in [0.1, 0.15) is 0 Å². The number of rotatable bonds is 4. The van der Waals surface area contributed by atoms with E-state index in [0.717, 1.165) is 19.0 Å². The molecule has 2 N–H and O–H groups in total. The smallest absolute Gasteiger partial charge is 0.0412 e. The van der Waals surface area contributed by atoms with Crippen LogP contribution >= 0.6 is 0 Å². The number of nitrogens with two attached hydrogens (primary N) is 1. The molecule has 0 aromatic heterocycles. The molecule has 1 aliphatic heterocycles. The van der Waals surface area contributed by atoms with Crippen LogP contribution in [0.5, 0.6) is 0 Å². The molecule has 2 nitrogen and oxygen atoms in total. The summed E-state index contributed by atoms with van der Waals surface area (Å²) in [6, 6.07) is 9.30. The third kappa shape index (κ3) is 2.63. The van der Waals surface area contributed by atoms with E-state index in [0.29, 0.717) is 6.04 Å². The number of nitrogens with zero attached hydrogens (tertiary/aromatic N) is 1. The molecule has 94 valence electrons. The standard InChI is InChI=1S/C15H24N2/c1-3-6-14(10-16)17-11-12(2)9-13-7-4-5-8-15(13)17/h4-5,7-8,12,14H,3,6,9-11,16H2,1-2H3. The summed E-state index contributed by atoms with van der Waals surface area (Å²) in [7, 11) is 0. The van der Waals surface area contributed by atoms with Gasteiger partial charge in [-0.3, -0.25) is 0 Å². The summed E-state index contributed by atoms with van der Waals surface area (Å²) < 4.78 is 0. The quantitative estimate of drug-likeness (QED) is 0.865. The predicted molar refractivity (Wildman–Crippen MR) is 74.4 cm³/mol. The molecule has 2 atom stereocenters. The minimum atomic E-state index is 0.504. The maximum atomic E-state index is 5.95. The highest BCUT2D eigenvalue weighted by molar-refractivity contribution is 5.56. The molecule has 0 bridgehead atoms. The minimum absolute atomic E-state index is 0.504. The Bertz CT molecular complexity index is 362. The summed E-state index contributed by atoms with van der Waals surface area (Å²) in [5.74, 6) is 0.732. The third-order valence-corrected chi connectivity index (χ3v) is 3.71. The average Bonchev–Trinajstić information content (AvgIpc) is 2.35. The second-order valence-corrected chi connectivity index (χ2v) is 5.27. The number of anilines is 1. The van der Waals surface area contributed by atoms with Crippen LogP contribution in [-0.4, -0.2) is 19.1 Å². The first-order valence-electron chi connectivity index (χ1n) is 6.80. The van der Waals surface area contributed by atoms with Gasteiger partial charge in [-0.2, -0.15) is 0 Å². The van der Waals surface area contributed by atoms with Gasteiger partial charge in [-0.15, -0.1) is 0 Å². The summed E-state index contributed by atoms with van der Waals surface area (Å²) in [5, 5.41) is 0. The predicted octanol–water partition coefficient (Wildman–Crippen LogP) is 2.81. The molecular weight excluding hydrogens is 208 g/mol. The van der Waals surface area contributed by atoms with E-state index in [2.05, 4.69) is 43.0 Å². The summed E-state index contributed by atoms with van der Waals surface area (Å²) in [6.45, 7) is 6.48. The van der Waals surface area contributed by atoms with E-state index in [-0.39, 0.29) is 0 Å². The third-order valence-electron chi connectivity index (χ3n) is 3.71. The van der Waals surface area contributed by atoms with Crippen LogP contribution in [0.1, 0.15) is 32.3 Å². The molecule has 0 saturated heterocycles. The molecule has 0 spiro atoms. The van der Waals surface area contributed by atoms with Crippen molar-refractivity contribution in [1.29, 1.82) is 0 Å². The van der Waals surface area contributed by atoms with Crippen LogP contribution in [0.2, 0.25) is 0 Å². The first-order valence-corrected chi connectivity index (χ1v) is 6.80. The lowest BCUT2D eigenvalue weighted by atomic mass is 9.92. The molecule has 1 aromatic carbocycles. The second-order valence-electron chi connectivity index (χ2n) is 5.27. The van der Waals surface area contributed by atoms with Crippen LogP contribution in [-0.2, 0) is 6.42 Å². The Balaban J connectivity index is 2.28. The molecule has 0 radical (unpaired) electrons. The lowest BCUT2D eigenvalue weighted by molar-refractivity contribution is 0.464. The van der Waals surface area contributed by atoms with Gasteiger partial charge in [0.2, 0.25) is 0 Å². The van der Waals surface area contributed by atoms with Gasteiger partial charge >= 0.3 is 0 Å². The number of benzene rings is 1. The van der Waals surface area contributed by atoms with Crippen molar-refractivity contribution >= 4 is 5.69 Å². The molecule has 0 aliphatic carbocycles. The maximum absolute atomic E-state index is 5.95. The first kappa shape index (κ1) is 12.4. The fourth-order valence-electron chi connectivity index (χ4n) is 2.92. The summed E-state index contributed by atoms with van der Waals surface area (Å²) in [4.78, 5) is 2.53. The van der Waals surface area contributed by atoms with Crippen LogP contribution in [0.15, 0.2) is 24.3 Å². The highest BCUT2D eigenvalue weighted by Crippen LogP contribution is 2.31. The topological polar surface area (TPSA) is 29.3 Å². The Labute approximate surface area is 105 Å². The Kier molecular flexibility index (Phi) is 4.06. The van der Waals surface area contributed by atoms with Crippen LogP contribution in [0, 0.1) is 5.92 Å². The first-order chi connectivity index (χ1) is 8.26. The van der Waals surface area contributed by atoms with Crippen LogP contribution in [0.3, 0.4) is 0 Å². The Morgan fingerprint density at radius 2 is 2.18 bits per heavy atom. The summed E-state index contributed by atoms with van der Waals surface area (Å²) in [6.07, 6.45) is 3.60. The molecule has 0 amide bonds. The fraction of sp³-hybridized carbons (Fsp3) is 0.600. The zero-order chi connectivity index (χ0) is 12.3. The highest BCUT2D eigenvalue weighted by Gasteiger charge is 2.25. The van der Waals surface area contributed by atoms with Crippen molar-refractivity contribution in [2.45, 2.75) is 39.2 Å². The molecule has 0 saturated carbocycles. The molecule has 2 unspecified atom stereocenters. The Hall–Kier alpha value is -1.02. The molecule has 2 heteroatoms. The van der Waals surface area contributed by atoms with E-state index in [1.165, 1.54) is 30.5 Å². The minimum Gasteiger partial charge on any atom is -0.367 e. The van der Waals surface area contributed by atoms with Crippen molar-refractivity contribution in [3.8, 4) is 0 Å². The van der Waals surface area contributed by atoms with Crippen LogP contribution in [0.4, 0.5) is 5.69 Å². The molecule has 2 rings (SSSR count). The van der Waals surface area contributed by atoms with Crippen molar-refractivity contribution in [1.82, 2.24) is 0 Å². The van der Waals surface area contributed by atoms with Gasteiger partial charge in [0.05, 0.1) is 0 Å². The molecule has 1 aromatic rings. The van der Waals surface area contributed by atoms with Crippen LogP contribution < -0.4 is 10.6 Å². The molecule has 1 heterocycles. The zero-order valence-electron chi connectivity index (χ0n) is 11.0. The van der Waals surface area contributed by atoms with E-state index in [4.69, 9.17) is 5.73 Å². The van der Waals surface area contributed by atoms with Crippen molar-refractivity contribution in [2.24, 2.45) is 11.7 Å². The van der Waals surface area contributed by atoms with Crippen molar-refractivity contribution in [2.75, 3.05) is 18.0 Å². The maximum Gasteiger partial charge on any atom is 0.0412 e. The number of para-hydroxylation sites is 1. The van der Waals surface area contributed by atoms with Crippen molar-refractivity contribution in [3.05, 3.63) is 29.8 Å². The monoisotopic (exact) mass is 232 g/mol. The van der Waals surface area contributed by atoms with Crippen molar-refractivity contribution < 1.29 is 0 Å². The lowest BCUT2D eigenvalue weighted by Gasteiger charge is -2.40. The fourth-order valence-corrected chi connectivity index (χ4v) is 2.92. The van der Waals surface area contributed by atoms with Gasteiger partial charge in [0.25, 0.3) is 0 Å². The number of hydrogen-bond donors (Lipinski definition) is 1. The van der Waals surface area contributed by atoms with Gasteiger partial charge in [-0.05, 0) is 30.4 Å². The van der Waals surface area contributed by atoms with E-state index < -0.39 is 0 Å². The van der Waals surface area contributed by atoms with Gasteiger partial charge in [0, 0.05) is 24.8 Å². The highest BCUT2D eigenvalue weighted by atomic mass is 15.2. The van der Waals surface area contributed by atoms with Gasteiger partial charge in [-0.25, -0.2) is 0 Å². The van der Waals surface area contributed by atoms with E-state index >= 15 is 0 Å². The average molecular weight is 232 g/mol. The van der Waals surface area contributed by atoms with Gasteiger partial charge in [-0.1, -0.05) is 38.5 Å². The number of hydrogen-bond acceptors (Lipinski definition) is 2. The molecule has 0 fully saturated rings. The summed E-state index contributed by atoms with van der Waals surface area (Å²) >= 11 is 0. The largest absolute Gasteiger partial charge is 0.367 e. The Morgan fingerprint density at radius 1 is 1.41 bits per heavy atom. The molecule has 1 aliphatic rings. The zero-order valence-corrected chi connectivity index (χ0v) is 11.0. The molecule has 17 heavy (non-hydrogen) atoms. The van der Waals surface area contributed by atoms with Crippen LogP contribution in [0.25, 0.3) is 0 Å². The second kappa shape index (κ2) is 5.54. The van der Waals surface area contributed by atoms with Gasteiger partial charge < -0.3 is 10.6 Å². The SMILES string of the molecule is CCCC(CN)N1CC(C)Cc2ccccc21. The van der Waals surface area contributed by atoms with Crippen molar-refractivity contribution in [3.63, 3.8) is 0 Å².